The summed E-state index contributed by atoms with van der Waals surface area (Å²) >= 11 is 3.41. The van der Waals surface area contributed by atoms with Gasteiger partial charge in [0.1, 0.15) is 23.9 Å². The van der Waals surface area contributed by atoms with Crippen LogP contribution in [0, 0.1) is 21.7 Å². The van der Waals surface area contributed by atoms with Gasteiger partial charge in [0.2, 0.25) is 0 Å². The van der Waals surface area contributed by atoms with Crippen molar-refractivity contribution in [1.29, 1.82) is 0 Å². The van der Waals surface area contributed by atoms with E-state index in [0.717, 1.165) is 16.2 Å². The van der Waals surface area contributed by atoms with Gasteiger partial charge in [0.05, 0.1) is 16.7 Å². The molecule has 1 amide bonds. The van der Waals surface area contributed by atoms with E-state index in [-0.39, 0.29) is 36.7 Å². The van der Waals surface area contributed by atoms with Gasteiger partial charge in [0, 0.05) is 34.4 Å². The second-order valence-corrected chi connectivity index (χ2v) is 9.31. The van der Waals surface area contributed by atoms with Crippen molar-refractivity contribution in [1.82, 2.24) is 14.7 Å². The summed E-state index contributed by atoms with van der Waals surface area (Å²) in [7, 11) is 0. The second kappa shape index (κ2) is 10.2. The van der Waals surface area contributed by atoms with Crippen molar-refractivity contribution >= 4 is 27.5 Å². The lowest BCUT2D eigenvalue weighted by Gasteiger charge is -2.23. The van der Waals surface area contributed by atoms with Crippen molar-refractivity contribution in [2.75, 3.05) is 13.2 Å². The molecule has 1 unspecified atom stereocenters. The maximum atomic E-state index is 14.5. The zero-order chi connectivity index (χ0) is 26.1. The number of carbonyl (C=O) groups is 1. The first-order valence-electron chi connectivity index (χ1n) is 11.3. The van der Waals surface area contributed by atoms with Crippen LogP contribution in [0.15, 0.2) is 77.4 Å². The molecule has 1 saturated heterocycles. The molecule has 5 rings (SSSR count). The van der Waals surface area contributed by atoms with Crippen LogP contribution >= 0.6 is 15.9 Å². The molecule has 4 aromatic rings. The summed E-state index contributed by atoms with van der Waals surface area (Å²) < 4.78 is 36.5. The lowest BCUT2D eigenvalue weighted by atomic mass is 10.1. The summed E-state index contributed by atoms with van der Waals surface area (Å²) in [5.74, 6) is -1.39. The van der Waals surface area contributed by atoms with Crippen molar-refractivity contribution in [3.05, 3.63) is 110 Å². The van der Waals surface area contributed by atoms with Gasteiger partial charge in [-0.1, -0.05) is 15.9 Å². The maximum absolute atomic E-state index is 14.5. The van der Waals surface area contributed by atoms with Crippen LogP contribution in [0.3, 0.4) is 0 Å². The fraction of sp³-hybridized carbons (Fsp3) is 0.154. The van der Waals surface area contributed by atoms with E-state index >= 15 is 0 Å². The van der Waals surface area contributed by atoms with Crippen LogP contribution in [-0.2, 0) is 16.0 Å². The van der Waals surface area contributed by atoms with Crippen LogP contribution < -0.4 is 0 Å². The summed E-state index contributed by atoms with van der Waals surface area (Å²) in [5.41, 5.74) is 2.40. The largest absolute Gasteiger partial charge is 0.344 e. The lowest BCUT2D eigenvalue weighted by Crippen LogP contribution is -2.31. The molecule has 1 atom stereocenters. The van der Waals surface area contributed by atoms with Crippen molar-refractivity contribution in [2.45, 2.75) is 12.6 Å². The molecule has 1 aliphatic rings. The Bertz CT molecular complexity index is 1480. The predicted molar refractivity (Wildman–Crippen MR) is 134 cm³/mol. The van der Waals surface area contributed by atoms with Crippen molar-refractivity contribution < 1.29 is 23.2 Å². The minimum absolute atomic E-state index is 0.116. The molecular weight excluding hydrogens is 550 g/mol. The first-order chi connectivity index (χ1) is 17.8. The number of hydrogen-bond donors (Lipinski definition) is 0. The second-order valence-electron chi connectivity index (χ2n) is 8.39. The number of non-ortho nitro benzene ring substituents is 1. The van der Waals surface area contributed by atoms with E-state index in [1.165, 1.54) is 29.2 Å². The average molecular weight is 569 g/mol. The van der Waals surface area contributed by atoms with E-state index in [1.54, 1.807) is 23.0 Å². The van der Waals surface area contributed by atoms with Crippen LogP contribution in [0.25, 0.3) is 16.9 Å². The third-order valence-electron chi connectivity index (χ3n) is 6.06. The zero-order valence-corrected chi connectivity index (χ0v) is 20.8. The maximum Gasteiger partial charge on any atom is 0.272 e. The summed E-state index contributed by atoms with van der Waals surface area (Å²) in [6.07, 6.45) is 1.07. The minimum atomic E-state index is -0.808. The summed E-state index contributed by atoms with van der Waals surface area (Å²) in [4.78, 5) is 24.5. The van der Waals surface area contributed by atoms with Crippen molar-refractivity contribution in [3.63, 3.8) is 0 Å². The number of nitro benzene ring substituents is 1. The quantitative estimate of drug-likeness (QED) is 0.214. The van der Waals surface area contributed by atoms with Crippen LogP contribution in [0.4, 0.5) is 14.5 Å². The Morgan fingerprint density at radius 3 is 2.49 bits per heavy atom. The average Bonchev–Trinajstić information content (AvgIpc) is 3.47. The number of hydrogen-bond acceptors (Lipinski definition) is 5. The van der Waals surface area contributed by atoms with Crippen molar-refractivity contribution in [3.8, 4) is 16.9 Å². The number of aromatic nitrogens is 2. The molecule has 11 heteroatoms. The summed E-state index contributed by atoms with van der Waals surface area (Å²) in [5, 5.41) is 15.6. The third-order valence-corrected chi connectivity index (χ3v) is 6.58. The van der Waals surface area contributed by atoms with Gasteiger partial charge >= 0.3 is 0 Å². The van der Waals surface area contributed by atoms with Gasteiger partial charge in [-0.3, -0.25) is 14.9 Å². The van der Waals surface area contributed by atoms with Gasteiger partial charge in [-0.15, -0.1) is 0 Å². The Morgan fingerprint density at radius 2 is 1.81 bits per heavy atom. The number of ether oxygens (including phenoxy) is 1. The molecule has 0 aliphatic carbocycles. The summed E-state index contributed by atoms with van der Waals surface area (Å²) in [6, 6.07) is 16.8. The van der Waals surface area contributed by atoms with Gasteiger partial charge in [0.25, 0.3) is 11.6 Å². The molecule has 1 aliphatic heterocycles. The van der Waals surface area contributed by atoms with Gasteiger partial charge in [-0.25, -0.2) is 13.5 Å². The number of halogens is 3. The molecular formula is C26H19BrF2N4O4. The van der Waals surface area contributed by atoms with Crippen molar-refractivity contribution in [2.24, 2.45) is 0 Å². The third kappa shape index (κ3) is 5.13. The molecule has 0 radical (unpaired) electrons. The number of carbonyl (C=O) groups excluding carboxylic acids is 1. The van der Waals surface area contributed by atoms with E-state index in [9.17, 15) is 23.7 Å². The van der Waals surface area contributed by atoms with Crippen LogP contribution in [-0.4, -0.2) is 38.7 Å². The number of nitro groups is 1. The SMILES string of the molecule is O=C1COC(c2cn(-c3ccc(Br)cc3)nc2-c2ccc(F)cc2)N1CCc1ccc([N+](=O)[O-])cc1F. The highest BCUT2D eigenvalue weighted by Crippen LogP contribution is 2.35. The fourth-order valence-corrected chi connectivity index (χ4v) is 4.44. The molecule has 0 N–H and O–H groups in total. The van der Waals surface area contributed by atoms with E-state index < -0.39 is 22.8 Å². The monoisotopic (exact) mass is 568 g/mol. The van der Waals surface area contributed by atoms with E-state index in [1.807, 2.05) is 24.3 Å². The molecule has 2 heterocycles. The van der Waals surface area contributed by atoms with Gasteiger partial charge < -0.3 is 9.64 Å². The predicted octanol–water partition coefficient (Wildman–Crippen LogP) is 5.59. The normalized spacial score (nSPS) is 15.4. The molecule has 1 fully saturated rings. The summed E-state index contributed by atoms with van der Waals surface area (Å²) in [6.45, 7) is -0.0513. The van der Waals surface area contributed by atoms with Gasteiger partial charge in [-0.2, -0.15) is 5.10 Å². The molecule has 37 heavy (non-hydrogen) atoms. The van der Waals surface area contributed by atoms with E-state index in [4.69, 9.17) is 9.84 Å². The highest BCUT2D eigenvalue weighted by molar-refractivity contribution is 9.10. The Balaban J connectivity index is 1.48. The van der Waals surface area contributed by atoms with Crippen LogP contribution in [0.2, 0.25) is 0 Å². The number of rotatable bonds is 7. The topological polar surface area (TPSA) is 90.5 Å². The molecule has 188 valence electrons. The van der Waals surface area contributed by atoms with E-state index in [2.05, 4.69) is 15.9 Å². The Morgan fingerprint density at radius 1 is 1.08 bits per heavy atom. The number of nitrogens with zero attached hydrogens (tertiary/aromatic N) is 4. The molecule has 0 bridgehead atoms. The number of amides is 1. The standard InChI is InChI=1S/C26H19BrF2N4O4/c27-18-4-9-20(10-5-18)32-14-22(25(30-32)17-1-6-19(28)7-2-17)26-31(24(34)15-37-26)12-11-16-3-8-21(33(35)36)13-23(16)29/h1-10,13-14,26H,11-12,15H2. The zero-order valence-electron chi connectivity index (χ0n) is 19.2. The van der Waals surface area contributed by atoms with E-state index in [0.29, 0.717) is 16.8 Å². The number of benzene rings is 3. The van der Waals surface area contributed by atoms with Crippen LogP contribution in [0.1, 0.15) is 17.4 Å². The Kier molecular flexibility index (Phi) is 6.81. The Hall–Kier alpha value is -3.96. The molecule has 0 spiro atoms. The fourth-order valence-electron chi connectivity index (χ4n) is 4.17. The first-order valence-corrected chi connectivity index (χ1v) is 12.0. The highest BCUT2D eigenvalue weighted by atomic mass is 79.9. The molecule has 8 nitrogen and oxygen atoms in total. The smallest absolute Gasteiger partial charge is 0.272 e. The van der Waals surface area contributed by atoms with Gasteiger partial charge in [0.15, 0.2) is 6.23 Å². The molecule has 0 saturated carbocycles. The molecule has 3 aromatic carbocycles. The van der Waals surface area contributed by atoms with Gasteiger partial charge in [-0.05, 0) is 66.6 Å². The highest BCUT2D eigenvalue weighted by Gasteiger charge is 2.36. The van der Waals surface area contributed by atoms with Crippen LogP contribution in [0.5, 0.6) is 0 Å². The minimum Gasteiger partial charge on any atom is -0.344 e. The Labute approximate surface area is 218 Å². The lowest BCUT2D eigenvalue weighted by molar-refractivity contribution is -0.385. The first kappa shape index (κ1) is 24.7. The molecule has 1 aromatic heterocycles.